The summed E-state index contributed by atoms with van der Waals surface area (Å²) in [6.07, 6.45) is 5.41. The van der Waals surface area contributed by atoms with Crippen molar-refractivity contribution >= 4 is 11.6 Å². The van der Waals surface area contributed by atoms with Crippen molar-refractivity contribution in [3.05, 3.63) is 16.4 Å². The second-order valence-corrected chi connectivity index (χ2v) is 5.60. The molecule has 0 amide bonds. The first-order valence-corrected chi connectivity index (χ1v) is 7.64. The molecule has 0 atom stereocenters. The first-order valence-electron chi connectivity index (χ1n) is 7.26. The molecule has 0 aliphatic heterocycles. The molecule has 0 radical (unpaired) electrons. The molecule has 0 bridgehead atoms. The Hall–Kier alpha value is -0.580. The Balaban J connectivity index is 1.97. The van der Waals surface area contributed by atoms with E-state index < -0.39 is 0 Å². The van der Waals surface area contributed by atoms with Crippen LogP contribution in [0.3, 0.4) is 0 Å². The molecule has 5 heteroatoms. The Kier molecular flexibility index (Phi) is 5.25. The fraction of sp³-hybridized carbons (Fsp3) is 0.786. The van der Waals surface area contributed by atoms with E-state index in [1.165, 1.54) is 0 Å². The van der Waals surface area contributed by atoms with Crippen molar-refractivity contribution in [1.29, 1.82) is 0 Å². The lowest BCUT2D eigenvalue weighted by atomic mass is 9.94. The van der Waals surface area contributed by atoms with E-state index in [1.54, 1.807) is 0 Å². The highest BCUT2D eigenvalue weighted by Crippen LogP contribution is 2.25. The summed E-state index contributed by atoms with van der Waals surface area (Å²) in [4.78, 5) is 0. The molecule has 2 N–H and O–H groups in total. The Morgan fingerprint density at radius 2 is 2.00 bits per heavy atom. The van der Waals surface area contributed by atoms with Crippen LogP contribution >= 0.6 is 11.6 Å². The van der Waals surface area contributed by atoms with Gasteiger partial charge < -0.3 is 10.5 Å². The number of rotatable bonds is 5. The van der Waals surface area contributed by atoms with E-state index in [-0.39, 0.29) is 0 Å². The molecular formula is C14H24ClN3O. The van der Waals surface area contributed by atoms with Gasteiger partial charge in [-0.05, 0) is 39.0 Å². The van der Waals surface area contributed by atoms with Gasteiger partial charge in [0, 0.05) is 12.6 Å². The maximum Gasteiger partial charge on any atom is 0.0903 e. The van der Waals surface area contributed by atoms with E-state index in [9.17, 15) is 0 Å². The molecule has 0 unspecified atom stereocenters. The summed E-state index contributed by atoms with van der Waals surface area (Å²) in [5.41, 5.74) is 7.88. The predicted molar refractivity (Wildman–Crippen MR) is 77.3 cm³/mol. The van der Waals surface area contributed by atoms with Crippen LogP contribution in [-0.4, -0.2) is 21.9 Å². The minimum atomic E-state index is 0.321. The molecule has 4 nitrogen and oxygen atoms in total. The molecule has 1 aliphatic carbocycles. The molecule has 1 saturated carbocycles. The van der Waals surface area contributed by atoms with Crippen molar-refractivity contribution in [3.63, 3.8) is 0 Å². The molecule has 1 aliphatic rings. The zero-order valence-electron chi connectivity index (χ0n) is 11.9. The third-order valence-electron chi connectivity index (χ3n) is 3.87. The van der Waals surface area contributed by atoms with Gasteiger partial charge in [-0.1, -0.05) is 18.5 Å². The number of ether oxygens (including phenoxy) is 1. The van der Waals surface area contributed by atoms with Crippen LogP contribution in [0.1, 0.15) is 50.9 Å². The second kappa shape index (κ2) is 6.73. The second-order valence-electron chi connectivity index (χ2n) is 5.22. The van der Waals surface area contributed by atoms with Crippen LogP contribution in [-0.2, 0) is 24.3 Å². The molecular weight excluding hydrogens is 262 g/mol. The number of nitrogens with zero attached hydrogens (tertiary/aromatic N) is 2. The molecule has 1 heterocycles. The fourth-order valence-corrected chi connectivity index (χ4v) is 2.93. The van der Waals surface area contributed by atoms with E-state index >= 15 is 0 Å². The van der Waals surface area contributed by atoms with Gasteiger partial charge in [-0.15, -0.1) is 0 Å². The minimum absolute atomic E-state index is 0.321. The normalized spacial score (nSPS) is 23.8. The summed E-state index contributed by atoms with van der Waals surface area (Å²) < 4.78 is 7.95. The van der Waals surface area contributed by atoms with Gasteiger partial charge in [0.15, 0.2) is 0 Å². The van der Waals surface area contributed by atoms with Gasteiger partial charge in [0.25, 0.3) is 0 Å². The number of nitrogens with two attached hydrogens (primary N) is 1. The highest BCUT2D eigenvalue weighted by molar-refractivity contribution is 6.31. The maximum absolute atomic E-state index is 6.37. The highest BCUT2D eigenvalue weighted by atomic mass is 35.5. The Bertz CT molecular complexity index is 411. The largest absolute Gasteiger partial charge is 0.372 e. The molecule has 0 spiro atoms. The molecule has 19 heavy (non-hydrogen) atoms. The van der Waals surface area contributed by atoms with Gasteiger partial charge in [0.05, 0.1) is 29.1 Å². The summed E-state index contributed by atoms with van der Waals surface area (Å²) in [5, 5.41) is 5.28. The summed E-state index contributed by atoms with van der Waals surface area (Å²) in [5.74, 6) is 0. The Morgan fingerprint density at radius 3 is 2.58 bits per heavy atom. The van der Waals surface area contributed by atoms with E-state index in [0.717, 1.165) is 55.1 Å². The van der Waals surface area contributed by atoms with Crippen molar-refractivity contribution in [3.8, 4) is 0 Å². The van der Waals surface area contributed by atoms with Gasteiger partial charge >= 0.3 is 0 Å². The van der Waals surface area contributed by atoms with Crippen LogP contribution in [0.4, 0.5) is 0 Å². The first kappa shape index (κ1) is 14.8. The first-order chi connectivity index (χ1) is 9.15. The van der Waals surface area contributed by atoms with Crippen LogP contribution in [0.5, 0.6) is 0 Å². The standard InChI is InChI=1S/C14H24ClN3O/c1-3-12-14(15)13(18(4-2)17-12)9-19-11-7-5-10(16)6-8-11/h10-11H,3-9,16H2,1-2H3. The topological polar surface area (TPSA) is 53.1 Å². The smallest absolute Gasteiger partial charge is 0.0903 e. The van der Waals surface area contributed by atoms with Crippen molar-refractivity contribution in [2.45, 2.75) is 71.2 Å². The third kappa shape index (κ3) is 3.50. The average molecular weight is 286 g/mol. The molecule has 108 valence electrons. The zero-order chi connectivity index (χ0) is 13.8. The molecule has 0 aromatic carbocycles. The van der Waals surface area contributed by atoms with Gasteiger partial charge in [-0.2, -0.15) is 5.10 Å². The lowest BCUT2D eigenvalue weighted by molar-refractivity contribution is 0.0107. The van der Waals surface area contributed by atoms with E-state index in [2.05, 4.69) is 18.9 Å². The van der Waals surface area contributed by atoms with E-state index in [1.807, 2.05) is 4.68 Å². The molecule has 1 fully saturated rings. The summed E-state index contributed by atoms with van der Waals surface area (Å²) in [6, 6.07) is 0.358. The summed E-state index contributed by atoms with van der Waals surface area (Å²) >= 11 is 6.37. The molecule has 2 rings (SSSR count). The number of hydrogen-bond acceptors (Lipinski definition) is 3. The lowest BCUT2D eigenvalue weighted by Gasteiger charge is -2.26. The van der Waals surface area contributed by atoms with E-state index in [0.29, 0.717) is 18.8 Å². The van der Waals surface area contributed by atoms with Gasteiger partial charge in [-0.25, -0.2) is 0 Å². The van der Waals surface area contributed by atoms with Gasteiger partial charge in [0.1, 0.15) is 0 Å². The van der Waals surface area contributed by atoms with E-state index in [4.69, 9.17) is 22.1 Å². The van der Waals surface area contributed by atoms with Gasteiger partial charge in [-0.3, -0.25) is 4.68 Å². The molecule has 0 saturated heterocycles. The Labute approximate surface area is 120 Å². The zero-order valence-corrected chi connectivity index (χ0v) is 12.6. The SMILES string of the molecule is CCc1nn(CC)c(COC2CCC(N)CC2)c1Cl. The van der Waals surface area contributed by atoms with Crippen LogP contribution in [0.25, 0.3) is 0 Å². The van der Waals surface area contributed by atoms with Crippen LogP contribution in [0.2, 0.25) is 5.02 Å². The monoisotopic (exact) mass is 285 g/mol. The Morgan fingerprint density at radius 1 is 1.32 bits per heavy atom. The van der Waals surface area contributed by atoms with Crippen LogP contribution in [0, 0.1) is 0 Å². The third-order valence-corrected chi connectivity index (χ3v) is 4.31. The lowest BCUT2D eigenvalue weighted by Crippen LogP contribution is -2.30. The molecule has 1 aromatic rings. The van der Waals surface area contributed by atoms with Gasteiger partial charge in [0.2, 0.25) is 0 Å². The summed E-state index contributed by atoms with van der Waals surface area (Å²) in [6.45, 7) is 5.53. The quantitative estimate of drug-likeness (QED) is 0.905. The predicted octanol–water partition coefficient (Wildman–Crippen LogP) is 2.91. The number of aromatic nitrogens is 2. The van der Waals surface area contributed by atoms with Crippen molar-refractivity contribution < 1.29 is 4.74 Å². The molecule has 1 aromatic heterocycles. The van der Waals surface area contributed by atoms with Crippen LogP contribution < -0.4 is 5.73 Å². The van der Waals surface area contributed by atoms with Crippen molar-refractivity contribution in [2.24, 2.45) is 5.73 Å². The average Bonchev–Trinajstić information content (AvgIpc) is 2.74. The van der Waals surface area contributed by atoms with Crippen molar-refractivity contribution in [2.75, 3.05) is 0 Å². The fourth-order valence-electron chi connectivity index (χ4n) is 2.61. The van der Waals surface area contributed by atoms with Crippen molar-refractivity contribution in [1.82, 2.24) is 9.78 Å². The number of halogens is 1. The minimum Gasteiger partial charge on any atom is -0.372 e. The van der Waals surface area contributed by atoms with Crippen LogP contribution in [0.15, 0.2) is 0 Å². The number of hydrogen-bond donors (Lipinski definition) is 1. The number of aryl methyl sites for hydroxylation is 2. The highest BCUT2D eigenvalue weighted by Gasteiger charge is 2.21. The maximum atomic E-state index is 6.37. The summed E-state index contributed by atoms with van der Waals surface area (Å²) in [7, 11) is 0.